The summed E-state index contributed by atoms with van der Waals surface area (Å²) in [6, 6.07) is 12.2. The molecule has 1 fully saturated rings. The molecule has 2 aromatic rings. The van der Waals surface area contributed by atoms with Crippen molar-refractivity contribution in [3.8, 4) is 5.75 Å². The van der Waals surface area contributed by atoms with E-state index < -0.39 is 0 Å². The zero-order valence-electron chi connectivity index (χ0n) is 11.5. The van der Waals surface area contributed by atoms with E-state index in [2.05, 4.69) is 15.9 Å². The van der Waals surface area contributed by atoms with Crippen molar-refractivity contribution in [3.63, 3.8) is 0 Å². The molecule has 1 heterocycles. The third-order valence-corrected chi connectivity index (χ3v) is 5.23. The number of hydrogen-bond donors (Lipinski definition) is 1. The van der Waals surface area contributed by atoms with Crippen LogP contribution < -0.4 is 4.90 Å². The Morgan fingerprint density at radius 1 is 1.26 bits per heavy atom. The van der Waals surface area contributed by atoms with Crippen molar-refractivity contribution in [1.82, 2.24) is 0 Å². The summed E-state index contributed by atoms with van der Waals surface area (Å²) in [4.78, 5) is 14.6. The standard InChI is InChI=1S/C16H9BrClNO2S2/c17-10-2-1-3-11(8-10)19-15(21)14(23-16(19)22)7-9-4-5-13(20)12(18)6-9/h1-8,20H/b14-7+. The zero-order valence-corrected chi connectivity index (χ0v) is 15.5. The van der Waals surface area contributed by atoms with Crippen molar-refractivity contribution in [2.24, 2.45) is 0 Å². The normalized spacial score (nSPS) is 16.4. The maximum Gasteiger partial charge on any atom is 0.270 e. The summed E-state index contributed by atoms with van der Waals surface area (Å²) in [6.45, 7) is 0. The van der Waals surface area contributed by atoms with Gasteiger partial charge >= 0.3 is 0 Å². The van der Waals surface area contributed by atoms with Gasteiger partial charge in [0, 0.05) is 4.47 Å². The number of benzene rings is 2. The molecule has 0 radical (unpaired) electrons. The van der Waals surface area contributed by atoms with Crippen molar-refractivity contribution in [2.45, 2.75) is 0 Å². The highest BCUT2D eigenvalue weighted by Gasteiger charge is 2.33. The lowest BCUT2D eigenvalue weighted by Crippen LogP contribution is -2.27. The van der Waals surface area contributed by atoms with Gasteiger partial charge in [-0.3, -0.25) is 9.69 Å². The summed E-state index contributed by atoms with van der Waals surface area (Å²) < 4.78 is 1.35. The quantitative estimate of drug-likeness (QED) is 0.528. The van der Waals surface area contributed by atoms with Gasteiger partial charge in [0.25, 0.3) is 5.91 Å². The van der Waals surface area contributed by atoms with Crippen LogP contribution in [0.4, 0.5) is 5.69 Å². The molecular weight excluding hydrogens is 418 g/mol. The summed E-state index contributed by atoms with van der Waals surface area (Å²) in [5, 5.41) is 9.69. The first-order valence-electron chi connectivity index (χ1n) is 6.48. The van der Waals surface area contributed by atoms with E-state index in [1.54, 1.807) is 18.2 Å². The molecule has 1 amide bonds. The first-order chi connectivity index (χ1) is 11.0. The number of phenolic OH excluding ortho intramolecular Hbond substituents is 1. The lowest BCUT2D eigenvalue weighted by molar-refractivity contribution is -0.113. The molecular formula is C16H9BrClNO2S2. The molecule has 116 valence electrons. The largest absolute Gasteiger partial charge is 0.506 e. The number of nitrogens with zero attached hydrogens (tertiary/aromatic N) is 1. The maximum absolute atomic E-state index is 12.6. The van der Waals surface area contributed by atoms with E-state index in [1.165, 1.54) is 22.7 Å². The van der Waals surface area contributed by atoms with E-state index in [-0.39, 0.29) is 16.7 Å². The second kappa shape index (κ2) is 6.65. The van der Waals surface area contributed by atoms with Crippen LogP contribution in [0.15, 0.2) is 51.8 Å². The lowest BCUT2D eigenvalue weighted by atomic mass is 10.2. The molecule has 0 aliphatic carbocycles. The van der Waals surface area contributed by atoms with E-state index >= 15 is 0 Å². The lowest BCUT2D eigenvalue weighted by Gasteiger charge is -2.14. The number of rotatable bonds is 2. The monoisotopic (exact) mass is 425 g/mol. The molecule has 0 unspecified atom stereocenters. The summed E-state index contributed by atoms with van der Waals surface area (Å²) in [5.74, 6) is -0.173. The molecule has 1 aliphatic heterocycles. The molecule has 0 atom stereocenters. The van der Waals surface area contributed by atoms with E-state index in [1.807, 2.05) is 24.3 Å². The molecule has 2 aromatic carbocycles. The van der Waals surface area contributed by atoms with Crippen molar-refractivity contribution in [3.05, 3.63) is 62.4 Å². The van der Waals surface area contributed by atoms with Gasteiger partial charge in [0.05, 0.1) is 15.6 Å². The van der Waals surface area contributed by atoms with Crippen LogP contribution in [0, 0.1) is 0 Å². The van der Waals surface area contributed by atoms with Crippen LogP contribution in [0.25, 0.3) is 6.08 Å². The van der Waals surface area contributed by atoms with Crippen molar-refractivity contribution >= 4 is 73.5 Å². The molecule has 3 rings (SSSR count). The Morgan fingerprint density at radius 2 is 2.04 bits per heavy atom. The number of amides is 1. The van der Waals surface area contributed by atoms with Crippen LogP contribution in [0.3, 0.4) is 0 Å². The fraction of sp³-hybridized carbons (Fsp3) is 0. The van der Waals surface area contributed by atoms with Gasteiger partial charge in [0.1, 0.15) is 5.75 Å². The molecule has 0 saturated carbocycles. The zero-order chi connectivity index (χ0) is 16.6. The van der Waals surface area contributed by atoms with Gasteiger partial charge in [-0.1, -0.05) is 63.6 Å². The first kappa shape index (κ1) is 16.5. The van der Waals surface area contributed by atoms with E-state index in [4.69, 9.17) is 23.8 Å². The molecule has 3 nitrogen and oxygen atoms in total. The van der Waals surface area contributed by atoms with E-state index in [0.29, 0.717) is 14.9 Å². The fourth-order valence-corrected chi connectivity index (χ4v) is 3.94. The molecule has 0 bridgehead atoms. The third-order valence-electron chi connectivity index (χ3n) is 3.13. The van der Waals surface area contributed by atoms with Crippen LogP contribution in [-0.2, 0) is 4.79 Å². The molecule has 1 aliphatic rings. The van der Waals surface area contributed by atoms with Crippen LogP contribution in [-0.4, -0.2) is 15.3 Å². The van der Waals surface area contributed by atoms with Gasteiger partial charge < -0.3 is 5.11 Å². The summed E-state index contributed by atoms with van der Waals surface area (Å²) >= 11 is 15.8. The molecule has 0 spiro atoms. The van der Waals surface area contributed by atoms with Gasteiger partial charge in [0.2, 0.25) is 0 Å². The number of thioether (sulfide) groups is 1. The van der Waals surface area contributed by atoms with Gasteiger partial charge in [-0.15, -0.1) is 0 Å². The van der Waals surface area contributed by atoms with Crippen LogP contribution in [0.5, 0.6) is 5.75 Å². The number of aromatic hydroxyl groups is 1. The van der Waals surface area contributed by atoms with Gasteiger partial charge in [-0.2, -0.15) is 0 Å². The highest BCUT2D eigenvalue weighted by molar-refractivity contribution is 9.10. The third kappa shape index (κ3) is 3.45. The second-order valence-electron chi connectivity index (χ2n) is 4.71. The van der Waals surface area contributed by atoms with Crippen LogP contribution >= 0.6 is 51.5 Å². The Labute approximate surface area is 156 Å². The average Bonchev–Trinajstić information content (AvgIpc) is 2.77. The van der Waals surface area contributed by atoms with Crippen molar-refractivity contribution < 1.29 is 9.90 Å². The van der Waals surface area contributed by atoms with Crippen molar-refractivity contribution in [2.75, 3.05) is 4.90 Å². The van der Waals surface area contributed by atoms with Gasteiger partial charge in [-0.05, 0) is 42.0 Å². The summed E-state index contributed by atoms with van der Waals surface area (Å²) in [6.07, 6.45) is 1.71. The highest BCUT2D eigenvalue weighted by Crippen LogP contribution is 2.37. The Hall–Kier alpha value is -1.34. The Morgan fingerprint density at radius 3 is 2.74 bits per heavy atom. The number of carbonyl (C=O) groups is 1. The van der Waals surface area contributed by atoms with Crippen LogP contribution in [0.2, 0.25) is 5.02 Å². The molecule has 1 N–H and O–H groups in total. The van der Waals surface area contributed by atoms with Gasteiger partial charge in [-0.25, -0.2) is 0 Å². The summed E-state index contributed by atoms with van der Waals surface area (Å²) in [7, 11) is 0. The van der Waals surface area contributed by atoms with Gasteiger partial charge in [0.15, 0.2) is 4.32 Å². The number of phenols is 1. The van der Waals surface area contributed by atoms with Crippen molar-refractivity contribution in [1.29, 1.82) is 0 Å². The van der Waals surface area contributed by atoms with Crippen LogP contribution in [0.1, 0.15) is 5.56 Å². The molecule has 1 saturated heterocycles. The smallest absolute Gasteiger partial charge is 0.270 e. The Balaban J connectivity index is 1.94. The predicted octanol–water partition coefficient (Wildman–Crippen LogP) is 5.21. The minimum absolute atomic E-state index is 0.00509. The van der Waals surface area contributed by atoms with E-state index in [9.17, 15) is 9.90 Å². The SMILES string of the molecule is O=C1/C(=C\c2ccc(O)c(Cl)c2)SC(=S)N1c1cccc(Br)c1. The molecule has 0 aromatic heterocycles. The highest BCUT2D eigenvalue weighted by atomic mass is 79.9. The topological polar surface area (TPSA) is 40.5 Å². The van der Waals surface area contributed by atoms with E-state index in [0.717, 1.165) is 10.0 Å². The average molecular weight is 427 g/mol. The number of halogens is 2. The Bertz CT molecular complexity index is 854. The fourth-order valence-electron chi connectivity index (χ4n) is 2.07. The molecule has 7 heteroatoms. The number of anilines is 1. The second-order valence-corrected chi connectivity index (χ2v) is 7.71. The first-order valence-corrected chi connectivity index (χ1v) is 8.87. The number of thiocarbonyl (C=S) groups is 1. The Kier molecular flexibility index (Phi) is 4.77. The summed E-state index contributed by atoms with van der Waals surface area (Å²) in [5.41, 5.74) is 1.44. The minimum atomic E-state index is -0.178. The maximum atomic E-state index is 12.6. The molecule has 23 heavy (non-hydrogen) atoms. The minimum Gasteiger partial charge on any atom is -0.506 e. The predicted molar refractivity (Wildman–Crippen MR) is 103 cm³/mol. The number of hydrogen-bond acceptors (Lipinski definition) is 4. The number of carbonyl (C=O) groups excluding carboxylic acids is 1.